The number of fused-ring (bicyclic) bond motifs is 1. The Bertz CT molecular complexity index is 958. The summed E-state index contributed by atoms with van der Waals surface area (Å²) < 4.78 is 29.3. The first kappa shape index (κ1) is 16.5. The van der Waals surface area contributed by atoms with Crippen molar-refractivity contribution in [1.82, 2.24) is 15.0 Å². The summed E-state index contributed by atoms with van der Waals surface area (Å²) in [4.78, 5) is 24.3. The molecule has 1 amide bonds. The first-order valence-corrected chi connectivity index (χ1v) is 7.20. The number of halogens is 2. The summed E-state index contributed by atoms with van der Waals surface area (Å²) in [6, 6.07) is 12.1. The number of anilines is 1. The van der Waals surface area contributed by atoms with Crippen LogP contribution in [0.4, 0.5) is 14.5 Å². The molecule has 0 unspecified atom stereocenters. The lowest BCUT2D eigenvalue weighted by molar-refractivity contribution is -0.117. The number of ether oxygens (including phenoxy) is 1. The van der Waals surface area contributed by atoms with Crippen LogP contribution >= 0.6 is 0 Å². The van der Waals surface area contributed by atoms with Gasteiger partial charge in [0.25, 0.3) is 5.56 Å². The van der Waals surface area contributed by atoms with Crippen molar-refractivity contribution in [2.75, 3.05) is 5.32 Å². The minimum absolute atomic E-state index is 0.0235. The Labute approximate surface area is 139 Å². The Morgan fingerprint density at radius 2 is 1.88 bits per heavy atom. The number of rotatable bonds is 5. The molecule has 0 saturated carbocycles. The quantitative estimate of drug-likeness (QED) is 0.764. The zero-order valence-corrected chi connectivity index (χ0v) is 12.7. The summed E-state index contributed by atoms with van der Waals surface area (Å²) in [5.74, 6) is -0.529. The van der Waals surface area contributed by atoms with E-state index in [0.717, 1.165) is 4.68 Å². The maximum absolute atomic E-state index is 12.3. The lowest BCUT2D eigenvalue weighted by Gasteiger charge is -2.08. The van der Waals surface area contributed by atoms with Crippen molar-refractivity contribution < 1.29 is 18.3 Å². The van der Waals surface area contributed by atoms with Crippen molar-refractivity contribution in [2.24, 2.45) is 0 Å². The van der Waals surface area contributed by atoms with Gasteiger partial charge in [-0.3, -0.25) is 9.59 Å². The first-order chi connectivity index (χ1) is 12.0. The van der Waals surface area contributed by atoms with Crippen LogP contribution in [0.5, 0.6) is 5.75 Å². The van der Waals surface area contributed by atoms with Crippen molar-refractivity contribution in [3.8, 4) is 5.75 Å². The van der Waals surface area contributed by atoms with Crippen LogP contribution in [0.15, 0.2) is 53.3 Å². The topological polar surface area (TPSA) is 86.1 Å². The second kappa shape index (κ2) is 7.04. The Kier molecular flexibility index (Phi) is 4.64. The van der Waals surface area contributed by atoms with Gasteiger partial charge in [-0.2, -0.15) is 8.78 Å². The number of amides is 1. The van der Waals surface area contributed by atoms with E-state index in [2.05, 4.69) is 20.4 Å². The van der Waals surface area contributed by atoms with Crippen LogP contribution in [-0.4, -0.2) is 27.5 Å². The predicted molar refractivity (Wildman–Crippen MR) is 85.5 cm³/mol. The highest BCUT2D eigenvalue weighted by atomic mass is 19.3. The molecule has 0 saturated heterocycles. The standard InChI is InChI=1S/C16H12F2N4O3/c17-16(18)25-11-7-5-10(6-8-11)19-14(23)9-22-15(24)12-3-1-2-4-13(12)20-21-22/h1-8,16H,9H2,(H,19,23). The van der Waals surface area contributed by atoms with Gasteiger partial charge < -0.3 is 10.1 Å². The van der Waals surface area contributed by atoms with E-state index in [-0.39, 0.29) is 12.3 Å². The van der Waals surface area contributed by atoms with E-state index < -0.39 is 18.1 Å². The molecule has 9 heteroatoms. The van der Waals surface area contributed by atoms with Gasteiger partial charge in [-0.05, 0) is 36.4 Å². The summed E-state index contributed by atoms with van der Waals surface area (Å²) in [6.07, 6.45) is 0. The fourth-order valence-electron chi connectivity index (χ4n) is 2.18. The predicted octanol–water partition coefficient (Wildman–Crippen LogP) is 2.03. The third-order valence-corrected chi connectivity index (χ3v) is 3.29. The van der Waals surface area contributed by atoms with Gasteiger partial charge in [0.1, 0.15) is 17.8 Å². The molecule has 0 spiro atoms. The Balaban J connectivity index is 1.70. The van der Waals surface area contributed by atoms with Crippen molar-refractivity contribution in [1.29, 1.82) is 0 Å². The molecule has 1 heterocycles. The normalized spacial score (nSPS) is 10.8. The number of carbonyl (C=O) groups is 1. The molecule has 128 valence electrons. The van der Waals surface area contributed by atoms with E-state index in [9.17, 15) is 18.4 Å². The molecular weight excluding hydrogens is 334 g/mol. The summed E-state index contributed by atoms with van der Waals surface area (Å²) >= 11 is 0. The number of alkyl halides is 2. The Morgan fingerprint density at radius 1 is 1.16 bits per heavy atom. The maximum atomic E-state index is 12.3. The minimum atomic E-state index is -2.92. The molecular formula is C16H12F2N4O3. The van der Waals surface area contributed by atoms with Crippen LogP contribution in [0.2, 0.25) is 0 Å². The average molecular weight is 346 g/mol. The van der Waals surface area contributed by atoms with Crippen LogP contribution in [0.1, 0.15) is 0 Å². The highest BCUT2D eigenvalue weighted by molar-refractivity contribution is 5.90. The van der Waals surface area contributed by atoms with Gasteiger partial charge in [0.2, 0.25) is 5.91 Å². The number of hydrogen-bond donors (Lipinski definition) is 1. The van der Waals surface area contributed by atoms with Gasteiger partial charge in [0.15, 0.2) is 0 Å². The number of aromatic nitrogens is 3. The van der Waals surface area contributed by atoms with E-state index in [1.807, 2.05) is 0 Å². The molecule has 3 rings (SSSR count). The highest BCUT2D eigenvalue weighted by Gasteiger charge is 2.10. The van der Waals surface area contributed by atoms with E-state index >= 15 is 0 Å². The minimum Gasteiger partial charge on any atom is -0.435 e. The van der Waals surface area contributed by atoms with E-state index in [4.69, 9.17) is 0 Å². The molecule has 1 aromatic heterocycles. The summed E-state index contributed by atoms with van der Waals surface area (Å²) in [7, 11) is 0. The van der Waals surface area contributed by atoms with Crippen molar-refractivity contribution in [2.45, 2.75) is 13.2 Å². The molecule has 0 aliphatic heterocycles. The van der Waals surface area contributed by atoms with Gasteiger partial charge in [-0.15, -0.1) is 5.10 Å². The van der Waals surface area contributed by atoms with Gasteiger partial charge >= 0.3 is 6.61 Å². The molecule has 0 fully saturated rings. The Hall–Kier alpha value is -3.36. The monoisotopic (exact) mass is 346 g/mol. The lowest BCUT2D eigenvalue weighted by atomic mass is 10.2. The van der Waals surface area contributed by atoms with E-state index in [0.29, 0.717) is 16.6 Å². The van der Waals surface area contributed by atoms with Crippen molar-refractivity contribution in [3.63, 3.8) is 0 Å². The van der Waals surface area contributed by atoms with Crippen LogP contribution < -0.4 is 15.6 Å². The molecule has 1 N–H and O–H groups in total. The maximum Gasteiger partial charge on any atom is 0.387 e. The number of benzene rings is 2. The molecule has 0 bridgehead atoms. The largest absolute Gasteiger partial charge is 0.435 e. The van der Waals surface area contributed by atoms with Gasteiger partial charge in [0.05, 0.1) is 5.39 Å². The number of hydrogen-bond acceptors (Lipinski definition) is 5. The van der Waals surface area contributed by atoms with Crippen LogP contribution in [0, 0.1) is 0 Å². The fraction of sp³-hybridized carbons (Fsp3) is 0.125. The molecule has 7 nitrogen and oxygen atoms in total. The number of carbonyl (C=O) groups excluding carboxylic acids is 1. The average Bonchev–Trinajstić information content (AvgIpc) is 2.59. The third kappa shape index (κ3) is 3.94. The summed E-state index contributed by atoms with van der Waals surface area (Å²) in [5.41, 5.74) is 0.383. The van der Waals surface area contributed by atoms with Crippen molar-refractivity contribution >= 4 is 22.5 Å². The van der Waals surface area contributed by atoms with Gasteiger partial charge in [-0.25, -0.2) is 4.68 Å². The van der Waals surface area contributed by atoms with Gasteiger partial charge in [0, 0.05) is 5.69 Å². The van der Waals surface area contributed by atoms with E-state index in [1.165, 1.54) is 24.3 Å². The number of nitrogens with one attached hydrogen (secondary N) is 1. The smallest absolute Gasteiger partial charge is 0.387 e. The van der Waals surface area contributed by atoms with Crippen molar-refractivity contribution in [3.05, 3.63) is 58.9 Å². The second-order valence-corrected chi connectivity index (χ2v) is 5.02. The fourth-order valence-corrected chi connectivity index (χ4v) is 2.18. The molecule has 25 heavy (non-hydrogen) atoms. The Morgan fingerprint density at radius 3 is 2.60 bits per heavy atom. The molecule has 0 radical (unpaired) electrons. The van der Waals surface area contributed by atoms with Gasteiger partial charge in [-0.1, -0.05) is 17.3 Å². The summed E-state index contributed by atoms with van der Waals surface area (Å²) in [6.45, 7) is -3.25. The summed E-state index contributed by atoms with van der Waals surface area (Å²) in [5, 5.41) is 10.5. The molecule has 2 aromatic carbocycles. The lowest BCUT2D eigenvalue weighted by Crippen LogP contribution is -2.30. The highest BCUT2D eigenvalue weighted by Crippen LogP contribution is 2.17. The zero-order chi connectivity index (χ0) is 17.8. The molecule has 3 aromatic rings. The third-order valence-electron chi connectivity index (χ3n) is 3.29. The molecule has 0 aliphatic carbocycles. The SMILES string of the molecule is O=C(Cn1nnc2ccccc2c1=O)Nc1ccc(OC(F)F)cc1. The van der Waals surface area contributed by atoms with Crippen LogP contribution in [-0.2, 0) is 11.3 Å². The first-order valence-electron chi connectivity index (χ1n) is 7.20. The molecule has 0 aliphatic rings. The zero-order valence-electron chi connectivity index (χ0n) is 12.7. The van der Waals surface area contributed by atoms with E-state index in [1.54, 1.807) is 24.3 Å². The number of nitrogens with zero attached hydrogens (tertiary/aromatic N) is 3. The van der Waals surface area contributed by atoms with Crippen LogP contribution in [0.3, 0.4) is 0 Å². The second-order valence-electron chi connectivity index (χ2n) is 5.02. The van der Waals surface area contributed by atoms with Crippen LogP contribution in [0.25, 0.3) is 10.9 Å². The molecule has 0 atom stereocenters.